The maximum atomic E-state index is 12.9. The number of carbonyl (C=O) groups excluding carboxylic acids is 1. The van der Waals surface area contributed by atoms with Crippen molar-refractivity contribution in [3.05, 3.63) is 53.6 Å². The van der Waals surface area contributed by atoms with Gasteiger partial charge in [-0.1, -0.05) is 38.1 Å². The number of carbonyl (C=O) groups is 1. The first kappa shape index (κ1) is 20.7. The number of fused-ring (bicyclic) bond motifs is 1. The van der Waals surface area contributed by atoms with E-state index in [4.69, 9.17) is 9.47 Å². The molecule has 1 fully saturated rings. The highest BCUT2D eigenvalue weighted by Gasteiger charge is 2.26. The summed E-state index contributed by atoms with van der Waals surface area (Å²) in [5.41, 5.74) is 3.32. The Labute approximate surface area is 178 Å². The number of para-hydroxylation sites is 1. The van der Waals surface area contributed by atoms with Crippen LogP contribution in [0, 0.1) is 0 Å². The van der Waals surface area contributed by atoms with Gasteiger partial charge in [-0.15, -0.1) is 0 Å². The van der Waals surface area contributed by atoms with Crippen molar-refractivity contribution < 1.29 is 14.3 Å². The zero-order chi connectivity index (χ0) is 21.1. The quantitative estimate of drug-likeness (QED) is 0.789. The second kappa shape index (κ2) is 9.06. The van der Waals surface area contributed by atoms with Gasteiger partial charge in [-0.2, -0.15) is 0 Å². The van der Waals surface area contributed by atoms with E-state index >= 15 is 0 Å². The van der Waals surface area contributed by atoms with Gasteiger partial charge in [0.2, 0.25) is 12.7 Å². The summed E-state index contributed by atoms with van der Waals surface area (Å²) in [6.45, 7) is 11.1. The molecule has 1 N–H and O–H groups in total. The summed E-state index contributed by atoms with van der Waals surface area (Å²) in [7, 11) is 0. The van der Waals surface area contributed by atoms with Crippen LogP contribution in [0.25, 0.3) is 0 Å². The van der Waals surface area contributed by atoms with Crippen molar-refractivity contribution in [2.45, 2.75) is 39.3 Å². The Kier molecular flexibility index (Phi) is 6.25. The predicted molar refractivity (Wildman–Crippen MR) is 118 cm³/mol. The lowest BCUT2D eigenvalue weighted by Gasteiger charge is -2.37. The molecule has 160 valence electrons. The van der Waals surface area contributed by atoms with Crippen molar-refractivity contribution in [1.82, 2.24) is 9.80 Å². The van der Waals surface area contributed by atoms with E-state index in [9.17, 15) is 4.79 Å². The Bertz CT molecular complexity index is 891. The smallest absolute Gasteiger partial charge is 0.241 e. The summed E-state index contributed by atoms with van der Waals surface area (Å²) in [5.74, 6) is 2.09. The van der Waals surface area contributed by atoms with Gasteiger partial charge >= 0.3 is 0 Å². The maximum absolute atomic E-state index is 12.9. The van der Waals surface area contributed by atoms with Crippen LogP contribution in [0.5, 0.6) is 11.5 Å². The minimum Gasteiger partial charge on any atom is -0.454 e. The Morgan fingerprint density at radius 2 is 1.73 bits per heavy atom. The van der Waals surface area contributed by atoms with Crippen LogP contribution in [0.3, 0.4) is 0 Å². The lowest BCUT2D eigenvalue weighted by Crippen LogP contribution is -2.52. The number of ether oxygens (including phenoxy) is 2. The predicted octanol–water partition coefficient (Wildman–Crippen LogP) is 3.68. The fourth-order valence-corrected chi connectivity index (χ4v) is 4.12. The summed E-state index contributed by atoms with van der Waals surface area (Å²) in [5, 5.41) is 3.14. The zero-order valence-corrected chi connectivity index (χ0v) is 18.1. The molecule has 1 saturated heterocycles. The van der Waals surface area contributed by atoms with Gasteiger partial charge in [0.25, 0.3) is 0 Å². The van der Waals surface area contributed by atoms with Crippen molar-refractivity contribution in [3.8, 4) is 11.5 Å². The summed E-state index contributed by atoms with van der Waals surface area (Å²) in [6.07, 6.45) is 0. The third kappa shape index (κ3) is 4.60. The molecule has 1 amide bonds. The van der Waals surface area contributed by atoms with E-state index < -0.39 is 0 Å². The molecule has 4 rings (SSSR count). The van der Waals surface area contributed by atoms with Gasteiger partial charge in [-0.3, -0.25) is 14.6 Å². The van der Waals surface area contributed by atoms with E-state index in [1.165, 1.54) is 11.1 Å². The number of anilines is 1. The number of benzene rings is 2. The van der Waals surface area contributed by atoms with Gasteiger partial charge < -0.3 is 14.8 Å². The highest BCUT2D eigenvalue weighted by atomic mass is 16.7. The van der Waals surface area contributed by atoms with E-state index in [-0.39, 0.29) is 11.9 Å². The highest BCUT2D eigenvalue weighted by molar-refractivity contribution is 5.95. The number of piperazine rings is 1. The summed E-state index contributed by atoms with van der Waals surface area (Å²) >= 11 is 0. The van der Waals surface area contributed by atoms with Crippen LogP contribution < -0.4 is 14.8 Å². The van der Waals surface area contributed by atoms with Crippen molar-refractivity contribution in [1.29, 1.82) is 0 Å². The lowest BCUT2D eigenvalue weighted by atomic mass is 10.0. The van der Waals surface area contributed by atoms with Crippen LogP contribution in [-0.4, -0.2) is 54.7 Å². The monoisotopic (exact) mass is 409 g/mol. The molecule has 0 saturated carbocycles. The van der Waals surface area contributed by atoms with Gasteiger partial charge in [-0.25, -0.2) is 0 Å². The van der Waals surface area contributed by atoms with Crippen molar-refractivity contribution in [3.63, 3.8) is 0 Å². The Hall–Kier alpha value is -2.57. The summed E-state index contributed by atoms with van der Waals surface area (Å²) in [6, 6.07) is 14.1. The molecule has 1 atom stereocenters. The second-order valence-electron chi connectivity index (χ2n) is 8.41. The molecule has 0 aromatic heterocycles. The molecule has 0 spiro atoms. The van der Waals surface area contributed by atoms with Crippen LogP contribution in [0.15, 0.2) is 42.5 Å². The Balaban J connectivity index is 1.30. The third-order valence-electron chi connectivity index (χ3n) is 6.02. The maximum Gasteiger partial charge on any atom is 0.241 e. The van der Waals surface area contributed by atoms with Crippen molar-refractivity contribution in [2.75, 3.05) is 38.3 Å². The minimum absolute atomic E-state index is 0.0623. The lowest BCUT2D eigenvalue weighted by molar-refractivity contribution is -0.121. The molecular formula is C24H31N3O3. The second-order valence-corrected chi connectivity index (χ2v) is 8.41. The Morgan fingerprint density at radius 1 is 1.00 bits per heavy atom. The fraction of sp³-hybridized carbons (Fsp3) is 0.458. The number of hydrogen-bond acceptors (Lipinski definition) is 5. The van der Waals surface area contributed by atoms with Gasteiger partial charge in [0.1, 0.15) is 0 Å². The van der Waals surface area contributed by atoms with E-state index in [0.717, 1.165) is 49.9 Å². The standard InChI is InChI=1S/C24H31N3O3/c1-17(2)20-6-4-5-7-21(20)25-24(28)18(3)27-12-10-26(11-13-27)15-19-8-9-22-23(14-19)30-16-29-22/h4-9,14,17-18H,10-13,15-16H2,1-3H3,(H,25,28)/t18-/m1/s1. The molecule has 6 nitrogen and oxygen atoms in total. The molecule has 2 aromatic rings. The molecule has 2 heterocycles. The average Bonchev–Trinajstić information content (AvgIpc) is 3.22. The normalized spacial score (nSPS) is 17.9. The van der Waals surface area contributed by atoms with Gasteiger partial charge in [-0.05, 0) is 42.2 Å². The van der Waals surface area contributed by atoms with E-state index in [1.54, 1.807) is 0 Å². The van der Waals surface area contributed by atoms with Crippen molar-refractivity contribution in [2.24, 2.45) is 0 Å². The van der Waals surface area contributed by atoms with Crippen LogP contribution >= 0.6 is 0 Å². The zero-order valence-electron chi connectivity index (χ0n) is 18.1. The minimum atomic E-state index is -0.155. The molecule has 30 heavy (non-hydrogen) atoms. The molecule has 0 unspecified atom stereocenters. The molecule has 0 radical (unpaired) electrons. The molecule has 2 aliphatic heterocycles. The Morgan fingerprint density at radius 3 is 2.50 bits per heavy atom. The van der Waals surface area contributed by atoms with Crippen LogP contribution in [0.4, 0.5) is 5.69 Å². The molecule has 2 aliphatic rings. The molecule has 0 aliphatic carbocycles. The number of nitrogens with zero attached hydrogens (tertiary/aromatic N) is 2. The van der Waals surface area contributed by atoms with Crippen LogP contribution in [0.2, 0.25) is 0 Å². The number of amides is 1. The van der Waals surface area contributed by atoms with Gasteiger partial charge in [0.15, 0.2) is 11.5 Å². The molecule has 6 heteroatoms. The highest BCUT2D eigenvalue weighted by Crippen LogP contribution is 2.33. The average molecular weight is 410 g/mol. The third-order valence-corrected chi connectivity index (χ3v) is 6.02. The number of hydrogen-bond donors (Lipinski definition) is 1. The summed E-state index contributed by atoms with van der Waals surface area (Å²) in [4.78, 5) is 17.6. The molecule has 0 bridgehead atoms. The SMILES string of the molecule is CC(C)c1ccccc1NC(=O)[C@@H](C)N1CCN(Cc2ccc3c(c2)OCO3)CC1. The number of rotatable bonds is 6. The largest absolute Gasteiger partial charge is 0.454 e. The first-order valence-corrected chi connectivity index (χ1v) is 10.8. The molecule has 2 aromatic carbocycles. The molecular weight excluding hydrogens is 378 g/mol. The van der Waals surface area contributed by atoms with E-state index in [0.29, 0.717) is 12.7 Å². The summed E-state index contributed by atoms with van der Waals surface area (Å²) < 4.78 is 10.9. The number of nitrogens with one attached hydrogen (secondary N) is 1. The topological polar surface area (TPSA) is 54.0 Å². The van der Waals surface area contributed by atoms with Gasteiger partial charge in [0, 0.05) is 38.4 Å². The van der Waals surface area contributed by atoms with E-state index in [2.05, 4.69) is 47.2 Å². The van der Waals surface area contributed by atoms with E-state index in [1.807, 2.05) is 31.2 Å². The first-order chi connectivity index (χ1) is 14.5. The van der Waals surface area contributed by atoms with Gasteiger partial charge in [0.05, 0.1) is 6.04 Å². The van der Waals surface area contributed by atoms with Crippen LogP contribution in [-0.2, 0) is 11.3 Å². The first-order valence-electron chi connectivity index (χ1n) is 10.8. The fourth-order valence-electron chi connectivity index (χ4n) is 4.12. The van der Waals surface area contributed by atoms with Crippen molar-refractivity contribution >= 4 is 11.6 Å². The van der Waals surface area contributed by atoms with Crippen LogP contribution in [0.1, 0.15) is 37.8 Å².